The lowest BCUT2D eigenvalue weighted by molar-refractivity contribution is 0.102. The van der Waals surface area contributed by atoms with Crippen LogP contribution in [-0.2, 0) is 6.42 Å². The van der Waals surface area contributed by atoms with E-state index in [0.29, 0.717) is 10.7 Å². The second-order valence-corrected chi connectivity index (χ2v) is 5.79. The van der Waals surface area contributed by atoms with Gasteiger partial charge in [0.25, 0.3) is 5.91 Å². The Morgan fingerprint density at radius 1 is 1.47 bits per heavy atom. The molecule has 1 amide bonds. The average molecular weight is 316 g/mol. The molecule has 1 N–H and O–H groups in total. The van der Waals surface area contributed by atoms with Crippen molar-refractivity contribution in [2.75, 3.05) is 5.32 Å². The summed E-state index contributed by atoms with van der Waals surface area (Å²) in [6.45, 7) is 4.00. The highest BCUT2D eigenvalue weighted by Gasteiger charge is 2.12. The van der Waals surface area contributed by atoms with Crippen molar-refractivity contribution in [3.8, 4) is 0 Å². The maximum Gasteiger partial charge on any atom is 0.259 e. The normalized spacial score (nSPS) is 10.5. The van der Waals surface area contributed by atoms with Crippen molar-refractivity contribution in [3.05, 3.63) is 38.6 Å². The lowest BCUT2D eigenvalue weighted by atomic mass is 10.3. The molecule has 0 unspecified atom stereocenters. The van der Waals surface area contributed by atoms with Crippen LogP contribution in [0.2, 0.25) is 10.2 Å². The molecule has 0 spiro atoms. The molecule has 2 aromatic heterocycles. The number of hydrogen-bond donors (Lipinski definition) is 1. The SMILES string of the molecule is CCc1nc(NC(=O)c2cnc(Cl)c(Cl)c2)sc1C. The van der Waals surface area contributed by atoms with Crippen molar-refractivity contribution in [1.29, 1.82) is 0 Å². The molecule has 0 aromatic carbocycles. The number of rotatable bonds is 3. The van der Waals surface area contributed by atoms with Gasteiger partial charge in [-0.15, -0.1) is 11.3 Å². The first-order chi connectivity index (χ1) is 9.01. The molecule has 0 saturated carbocycles. The third-order valence-electron chi connectivity index (χ3n) is 2.51. The predicted molar refractivity (Wildman–Crippen MR) is 78.4 cm³/mol. The van der Waals surface area contributed by atoms with Gasteiger partial charge in [-0.25, -0.2) is 9.97 Å². The van der Waals surface area contributed by atoms with Crippen LogP contribution in [0.5, 0.6) is 0 Å². The fraction of sp³-hybridized carbons (Fsp3) is 0.250. The van der Waals surface area contributed by atoms with Gasteiger partial charge >= 0.3 is 0 Å². The van der Waals surface area contributed by atoms with E-state index in [1.165, 1.54) is 23.6 Å². The van der Waals surface area contributed by atoms with Crippen molar-refractivity contribution < 1.29 is 4.79 Å². The molecular formula is C12H11Cl2N3OS. The minimum atomic E-state index is -0.303. The first-order valence-corrected chi connectivity index (χ1v) is 7.17. The zero-order valence-corrected chi connectivity index (χ0v) is 12.7. The number of thiazole rings is 1. The Kier molecular flexibility index (Phi) is 4.39. The van der Waals surface area contributed by atoms with E-state index < -0.39 is 0 Å². The minimum Gasteiger partial charge on any atom is -0.298 e. The van der Waals surface area contributed by atoms with Gasteiger partial charge in [-0.3, -0.25) is 10.1 Å². The highest BCUT2D eigenvalue weighted by atomic mass is 35.5. The number of carbonyl (C=O) groups excluding carboxylic acids is 1. The lowest BCUT2D eigenvalue weighted by Crippen LogP contribution is -2.12. The Balaban J connectivity index is 2.18. The summed E-state index contributed by atoms with van der Waals surface area (Å²) in [4.78, 5) is 21.3. The average Bonchev–Trinajstić information content (AvgIpc) is 2.72. The maximum atomic E-state index is 12.0. The molecule has 19 heavy (non-hydrogen) atoms. The van der Waals surface area contributed by atoms with E-state index in [4.69, 9.17) is 23.2 Å². The topological polar surface area (TPSA) is 54.9 Å². The van der Waals surface area contributed by atoms with Gasteiger partial charge < -0.3 is 0 Å². The number of halogens is 2. The molecule has 0 bridgehead atoms. The molecule has 2 heterocycles. The number of nitrogens with zero attached hydrogens (tertiary/aromatic N) is 2. The van der Waals surface area contributed by atoms with E-state index in [-0.39, 0.29) is 16.1 Å². The van der Waals surface area contributed by atoms with Crippen molar-refractivity contribution in [2.24, 2.45) is 0 Å². The molecule has 4 nitrogen and oxygen atoms in total. The number of pyridine rings is 1. The number of hydrogen-bond acceptors (Lipinski definition) is 4. The van der Waals surface area contributed by atoms with Crippen LogP contribution < -0.4 is 5.32 Å². The van der Waals surface area contributed by atoms with Crippen LogP contribution >= 0.6 is 34.5 Å². The number of aryl methyl sites for hydroxylation is 2. The molecule has 0 aliphatic heterocycles. The third-order valence-corrected chi connectivity index (χ3v) is 4.12. The van der Waals surface area contributed by atoms with Gasteiger partial charge in [-0.2, -0.15) is 0 Å². The first-order valence-electron chi connectivity index (χ1n) is 5.60. The van der Waals surface area contributed by atoms with E-state index in [9.17, 15) is 4.79 Å². The Bertz CT molecular complexity index is 627. The Morgan fingerprint density at radius 2 is 2.21 bits per heavy atom. The number of anilines is 1. The standard InChI is InChI=1S/C12H11Cl2N3OS/c1-3-9-6(2)19-12(16-9)17-11(18)7-4-8(13)10(14)15-5-7/h4-5H,3H2,1-2H3,(H,16,17,18). The van der Waals surface area contributed by atoms with Crippen LogP contribution in [0.4, 0.5) is 5.13 Å². The number of amides is 1. The predicted octanol–water partition coefficient (Wildman–Crippen LogP) is 3.97. The summed E-state index contributed by atoms with van der Waals surface area (Å²) in [7, 11) is 0. The van der Waals surface area contributed by atoms with Crippen LogP contribution in [0.15, 0.2) is 12.3 Å². The fourth-order valence-electron chi connectivity index (χ4n) is 1.52. The van der Waals surface area contributed by atoms with Crippen molar-refractivity contribution >= 4 is 45.6 Å². The van der Waals surface area contributed by atoms with Gasteiger partial charge in [0.2, 0.25) is 0 Å². The van der Waals surface area contributed by atoms with Crippen molar-refractivity contribution in [2.45, 2.75) is 20.3 Å². The summed E-state index contributed by atoms with van der Waals surface area (Å²) in [6, 6.07) is 1.48. The molecule has 100 valence electrons. The van der Waals surface area contributed by atoms with Gasteiger partial charge in [0, 0.05) is 11.1 Å². The summed E-state index contributed by atoms with van der Waals surface area (Å²) in [5.41, 5.74) is 1.34. The summed E-state index contributed by atoms with van der Waals surface area (Å²) in [6.07, 6.45) is 2.22. The molecule has 7 heteroatoms. The summed E-state index contributed by atoms with van der Waals surface area (Å²) in [5.74, 6) is -0.303. The smallest absolute Gasteiger partial charge is 0.259 e. The quantitative estimate of drug-likeness (QED) is 0.872. The molecule has 0 atom stereocenters. The monoisotopic (exact) mass is 315 g/mol. The third kappa shape index (κ3) is 3.23. The molecule has 0 radical (unpaired) electrons. The fourth-order valence-corrected chi connectivity index (χ4v) is 2.69. The Morgan fingerprint density at radius 3 is 2.79 bits per heavy atom. The first kappa shape index (κ1) is 14.2. The molecule has 2 rings (SSSR count). The number of carbonyl (C=O) groups is 1. The second-order valence-electron chi connectivity index (χ2n) is 3.83. The molecule has 0 fully saturated rings. The zero-order valence-electron chi connectivity index (χ0n) is 10.3. The van der Waals surface area contributed by atoms with E-state index in [0.717, 1.165) is 17.0 Å². The van der Waals surface area contributed by atoms with Gasteiger partial charge in [-0.05, 0) is 19.4 Å². The van der Waals surface area contributed by atoms with Crippen LogP contribution in [0.1, 0.15) is 27.9 Å². The largest absolute Gasteiger partial charge is 0.298 e. The molecule has 0 aliphatic carbocycles. The lowest BCUT2D eigenvalue weighted by Gasteiger charge is -2.02. The molecule has 0 aliphatic rings. The van der Waals surface area contributed by atoms with Crippen molar-refractivity contribution in [1.82, 2.24) is 9.97 Å². The van der Waals surface area contributed by atoms with Gasteiger partial charge in [-0.1, -0.05) is 30.1 Å². The zero-order chi connectivity index (χ0) is 14.0. The van der Waals surface area contributed by atoms with Crippen LogP contribution in [0, 0.1) is 6.92 Å². The van der Waals surface area contributed by atoms with Gasteiger partial charge in [0.15, 0.2) is 5.13 Å². The Hall–Kier alpha value is -1.17. The molecular weight excluding hydrogens is 305 g/mol. The summed E-state index contributed by atoms with van der Waals surface area (Å²) < 4.78 is 0. The van der Waals surface area contributed by atoms with Crippen molar-refractivity contribution in [3.63, 3.8) is 0 Å². The summed E-state index contributed by atoms with van der Waals surface area (Å²) in [5, 5.41) is 3.73. The highest BCUT2D eigenvalue weighted by Crippen LogP contribution is 2.24. The highest BCUT2D eigenvalue weighted by molar-refractivity contribution is 7.15. The van der Waals surface area contributed by atoms with Crippen LogP contribution in [-0.4, -0.2) is 15.9 Å². The van der Waals surface area contributed by atoms with E-state index >= 15 is 0 Å². The molecule has 0 saturated heterocycles. The second kappa shape index (κ2) is 5.86. The minimum absolute atomic E-state index is 0.177. The van der Waals surface area contributed by atoms with Gasteiger partial charge in [0.05, 0.1) is 16.3 Å². The number of nitrogens with one attached hydrogen (secondary N) is 1. The summed E-state index contributed by atoms with van der Waals surface area (Å²) >= 11 is 13.0. The van der Waals surface area contributed by atoms with Crippen LogP contribution in [0.25, 0.3) is 0 Å². The number of aromatic nitrogens is 2. The van der Waals surface area contributed by atoms with E-state index in [1.807, 2.05) is 13.8 Å². The van der Waals surface area contributed by atoms with Crippen LogP contribution in [0.3, 0.4) is 0 Å². The Labute approximate surface area is 124 Å². The maximum absolute atomic E-state index is 12.0. The van der Waals surface area contributed by atoms with E-state index in [1.54, 1.807) is 0 Å². The van der Waals surface area contributed by atoms with E-state index in [2.05, 4.69) is 15.3 Å². The van der Waals surface area contributed by atoms with Gasteiger partial charge in [0.1, 0.15) is 5.15 Å². The molecule has 2 aromatic rings.